The molecule has 0 atom stereocenters. The fourth-order valence-electron chi connectivity index (χ4n) is 1.96. The van der Waals surface area contributed by atoms with Gasteiger partial charge in [0.25, 0.3) is 25.7 Å². The Labute approximate surface area is 160 Å². The maximum absolute atomic E-state index is 12.4. The van der Waals surface area contributed by atoms with Crippen molar-refractivity contribution < 1.29 is 26.6 Å². The number of nitro groups is 1. The summed E-state index contributed by atoms with van der Waals surface area (Å²) >= 11 is 5.67. The fraction of sp³-hybridized carbons (Fsp3) is 0.143. The van der Waals surface area contributed by atoms with Gasteiger partial charge in [0.2, 0.25) is 0 Å². The van der Waals surface area contributed by atoms with Gasteiger partial charge in [-0.25, -0.2) is 16.8 Å². The van der Waals surface area contributed by atoms with Gasteiger partial charge >= 0.3 is 0 Å². The van der Waals surface area contributed by atoms with E-state index in [1.54, 1.807) is 0 Å². The third kappa shape index (κ3) is 4.54. The van der Waals surface area contributed by atoms with Crippen molar-refractivity contribution in [3.05, 3.63) is 57.6 Å². The van der Waals surface area contributed by atoms with E-state index in [0.717, 1.165) is 18.2 Å². The largest absolute Gasteiger partial charge is 0.289 e. The number of anilines is 1. The molecule has 0 heterocycles. The Bertz CT molecular complexity index is 1070. The lowest BCUT2D eigenvalue weighted by molar-refractivity contribution is -0.384. The number of hydrogen-bond acceptors (Lipinski definition) is 7. The zero-order valence-corrected chi connectivity index (χ0v) is 16.4. The molecular formula is C14H14ClN3O7S2. The Hall–Kier alpha value is -2.25. The third-order valence-corrected chi connectivity index (χ3v) is 6.82. The molecule has 0 spiro atoms. The van der Waals surface area contributed by atoms with Gasteiger partial charge in [0.15, 0.2) is 0 Å². The van der Waals surface area contributed by atoms with Crippen LogP contribution in [0.15, 0.2) is 52.3 Å². The van der Waals surface area contributed by atoms with E-state index in [4.69, 9.17) is 11.6 Å². The van der Waals surface area contributed by atoms with Crippen LogP contribution in [0.5, 0.6) is 0 Å². The predicted octanol–water partition coefficient (Wildman–Crippen LogP) is 2.23. The number of halogens is 1. The number of hydrogen-bond donors (Lipinski definition) is 1. The Morgan fingerprint density at radius 3 is 2.15 bits per heavy atom. The average Bonchev–Trinajstić information content (AvgIpc) is 2.61. The van der Waals surface area contributed by atoms with Crippen LogP contribution in [0.4, 0.5) is 11.4 Å². The molecule has 1 N–H and O–H groups in total. The fourth-order valence-corrected chi connectivity index (χ4v) is 4.19. The minimum atomic E-state index is -4.15. The molecule has 0 amide bonds. The monoisotopic (exact) mass is 435 g/mol. The average molecular weight is 436 g/mol. The molecule has 0 aromatic heterocycles. The predicted molar refractivity (Wildman–Crippen MR) is 97.3 cm³/mol. The van der Waals surface area contributed by atoms with Crippen LogP contribution < -0.4 is 4.72 Å². The van der Waals surface area contributed by atoms with Crippen molar-refractivity contribution >= 4 is 43.0 Å². The summed E-state index contributed by atoms with van der Waals surface area (Å²) in [7, 11) is -5.64. The molecule has 0 aliphatic rings. The molecule has 0 saturated carbocycles. The molecule has 146 valence electrons. The second-order valence-corrected chi connectivity index (χ2v) is 9.12. The SMILES string of the molecule is CON(C)S(=O)(=O)c1ccc(NS(=O)(=O)c2ccc(Cl)c([N+](=O)[O-])c2)cc1. The molecule has 13 heteroatoms. The minimum Gasteiger partial charge on any atom is -0.288 e. The van der Waals surface area contributed by atoms with Gasteiger partial charge in [-0.15, -0.1) is 0 Å². The van der Waals surface area contributed by atoms with E-state index in [9.17, 15) is 26.9 Å². The molecule has 0 radical (unpaired) electrons. The van der Waals surface area contributed by atoms with Crippen LogP contribution in [0.1, 0.15) is 0 Å². The molecule has 0 aliphatic heterocycles. The molecule has 2 rings (SSSR count). The molecule has 10 nitrogen and oxygen atoms in total. The highest BCUT2D eigenvalue weighted by Gasteiger charge is 2.23. The lowest BCUT2D eigenvalue weighted by Crippen LogP contribution is -2.25. The highest BCUT2D eigenvalue weighted by molar-refractivity contribution is 7.92. The lowest BCUT2D eigenvalue weighted by atomic mass is 10.3. The smallest absolute Gasteiger partial charge is 0.288 e. The van der Waals surface area contributed by atoms with Gasteiger partial charge < -0.3 is 0 Å². The topological polar surface area (TPSA) is 136 Å². The summed E-state index contributed by atoms with van der Waals surface area (Å²) in [5, 5.41) is 10.7. The van der Waals surface area contributed by atoms with Crippen LogP contribution in [0.2, 0.25) is 5.02 Å². The van der Waals surface area contributed by atoms with Gasteiger partial charge in [0.1, 0.15) is 5.02 Å². The highest BCUT2D eigenvalue weighted by atomic mass is 35.5. The van der Waals surface area contributed by atoms with Gasteiger partial charge in [0.05, 0.1) is 21.8 Å². The molecule has 2 aromatic carbocycles. The zero-order valence-electron chi connectivity index (χ0n) is 14.0. The first-order valence-electron chi connectivity index (χ1n) is 7.09. The van der Waals surface area contributed by atoms with Gasteiger partial charge in [-0.05, 0) is 36.4 Å². The summed E-state index contributed by atoms with van der Waals surface area (Å²) in [5.41, 5.74) is -0.491. The quantitative estimate of drug-likeness (QED) is 0.520. The van der Waals surface area contributed by atoms with E-state index in [2.05, 4.69) is 9.56 Å². The summed E-state index contributed by atoms with van der Waals surface area (Å²) in [6.07, 6.45) is 0. The summed E-state index contributed by atoms with van der Waals surface area (Å²) in [5.74, 6) is 0. The minimum absolute atomic E-state index is 0.0617. The first kappa shape index (κ1) is 21.1. The molecule has 0 fully saturated rings. The van der Waals surface area contributed by atoms with Crippen molar-refractivity contribution in [3.63, 3.8) is 0 Å². The van der Waals surface area contributed by atoms with Crippen LogP contribution in [-0.2, 0) is 24.9 Å². The Balaban J connectivity index is 2.32. The Morgan fingerprint density at radius 2 is 1.63 bits per heavy atom. The first-order valence-corrected chi connectivity index (χ1v) is 10.4. The number of nitrogens with zero attached hydrogens (tertiary/aromatic N) is 2. The van der Waals surface area contributed by atoms with Crippen molar-refractivity contribution in [2.45, 2.75) is 9.79 Å². The number of nitrogens with one attached hydrogen (secondary N) is 1. The second-order valence-electron chi connectivity index (χ2n) is 5.10. The van der Waals surface area contributed by atoms with Crippen LogP contribution in [0.25, 0.3) is 0 Å². The van der Waals surface area contributed by atoms with Gasteiger partial charge in [-0.1, -0.05) is 16.1 Å². The Kier molecular flexibility index (Phi) is 6.07. The van der Waals surface area contributed by atoms with Crippen molar-refractivity contribution in [1.29, 1.82) is 0 Å². The third-order valence-electron chi connectivity index (χ3n) is 3.42. The summed E-state index contributed by atoms with van der Waals surface area (Å²) in [4.78, 5) is 14.3. The van der Waals surface area contributed by atoms with E-state index >= 15 is 0 Å². The number of nitro benzene ring substituents is 1. The van der Waals surface area contributed by atoms with E-state index in [1.165, 1.54) is 38.4 Å². The van der Waals surface area contributed by atoms with E-state index in [-0.39, 0.29) is 20.5 Å². The standard InChI is InChI=1S/C14H14ClN3O7S2/c1-17(25-2)27(23,24)11-5-3-10(4-6-11)16-26(21,22)12-7-8-13(15)14(9-12)18(19)20/h3-9,16H,1-2H3. The van der Waals surface area contributed by atoms with Crippen LogP contribution in [0.3, 0.4) is 0 Å². The zero-order chi connectivity index (χ0) is 20.4. The van der Waals surface area contributed by atoms with Crippen LogP contribution in [-0.4, -0.2) is 40.4 Å². The maximum atomic E-state index is 12.4. The molecule has 0 aliphatic carbocycles. The normalized spacial score (nSPS) is 12.1. The van der Waals surface area contributed by atoms with Crippen LogP contribution >= 0.6 is 11.6 Å². The number of sulfonamides is 2. The second kappa shape index (κ2) is 7.78. The summed E-state index contributed by atoms with van der Waals surface area (Å²) in [6, 6.07) is 7.89. The number of rotatable bonds is 7. The Morgan fingerprint density at radius 1 is 1.07 bits per heavy atom. The molecule has 0 saturated heterocycles. The van der Waals surface area contributed by atoms with E-state index < -0.39 is 30.7 Å². The molecule has 0 bridgehead atoms. The van der Waals surface area contributed by atoms with E-state index in [0.29, 0.717) is 4.47 Å². The van der Waals surface area contributed by atoms with Crippen molar-refractivity contribution in [2.75, 3.05) is 18.9 Å². The molecular weight excluding hydrogens is 422 g/mol. The number of hydroxylamine groups is 1. The van der Waals surface area contributed by atoms with Crippen molar-refractivity contribution in [2.24, 2.45) is 0 Å². The molecule has 0 unspecified atom stereocenters. The molecule has 27 heavy (non-hydrogen) atoms. The first-order chi connectivity index (χ1) is 12.5. The lowest BCUT2D eigenvalue weighted by Gasteiger charge is -2.14. The summed E-state index contributed by atoms with van der Waals surface area (Å²) in [6.45, 7) is 0. The van der Waals surface area contributed by atoms with Crippen molar-refractivity contribution in [1.82, 2.24) is 4.47 Å². The highest BCUT2D eigenvalue weighted by Crippen LogP contribution is 2.28. The number of benzene rings is 2. The van der Waals surface area contributed by atoms with Crippen molar-refractivity contribution in [3.8, 4) is 0 Å². The van der Waals surface area contributed by atoms with E-state index in [1.807, 2.05) is 0 Å². The molecule has 2 aromatic rings. The maximum Gasteiger partial charge on any atom is 0.289 e. The van der Waals surface area contributed by atoms with Gasteiger partial charge in [0, 0.05) is 18.8 Å². The van der Waals surface area contributed by atoms with Gasteiger partial charge in [-0.2, -0.15) is 0 Å². The summed E-state index contributed by atoms with van der Waals surface area (Å²) < 4.78 is 51.9. The van der Waals surface area contributed by atoms with Gasteiger partial charge in [-0.3, -0.25) is 19.7 Å². The van der Waals surface area contributed by atoms with Crippen LogP contribution in [0, 0.1) is 10.1 Å².